The molecule has 1 aliphatic rings. The molecule has 0 saturated carbocycles. The van der Waals surface area contributed by atoms with Crippen LogP contribution in [0.25, 0.3) is 0 Å². The van der Waals surface area contributed by atoms with E-state index in [1.54, 1.807) is 18.2 Å². The highest BCUT2D eigenvalue weighted by molar-refractivity contribution is 5.94. The largest absolute Gasteiger partial charge is 0.467 e. The van der Waals surface area contributed by atoms with Gasteiger partial charge in [0.05, 0.1) is 18.8 Å². The number of nitrogens with one attached hydrogen (secondary N) is 1. The number of halogens is 1. The van der Waals surface area contributed by atoms with Crippen LogP contribution in [0.3, 0.4) is 0 Å². The molecule has 0 saturated heterocycles. The van der Waals surface area contributed by atoms with E-state index >= 15 is 0 Å². The maximum atomic E-state index is 13.6. The molecule has 3 aromatic rings. The van der Waals surface area contributed by atoms with Crippen molar-refractivity contribution in [3.63, 3.8) is 0 Å². The molecule has 0 bridgehead atoms. The molecular weight excluding hydrogens is 395 g/mol. The van der Waals surface area contributed by atoms with E-state index in [1.165, 1.54) is 40.5 Å². The van der Waals surface area contributed by atoms with Gasteiger partial charge in [0.15, 0.2) is 0 Å². The second-order valence-electron chi connectivity index (χ2n) is 7.78. The SMILES string of the molecule is O=C(CCN(Cc1ccco1)C(=O)c1cccc(F)c1)NC1CCCc2ccccc21. The van der Waals surface area contributed by atoms with Gasteiger partial charge >= 0.3 is 0 Å². The number of carbonyl (C=O) groups is 2. The van der Waals surface area contributed by atoms with Crippen LogP contribution >= 0.6 is 0 Å². The zero-order chi connectivity index (χ0) is 21.6. The fourth-order valence-corrected chi connectivity index (χ4v) is 4.05. The van der Waals surface area contributed by atoms with E-state index in [2.05, 4.69) is 17.4 Å². The molecule has 0 spiro atoms. The van der Waals surface area contributed by atoms with Gasteiger partial charge in [0.2, 0.25) is 5.91 Å². The van der Waals surface area contributed by atoms with Crippen molar-refractivity contribution in [3.05, 3.63) is 95.2 Å². The topological polar surface area (TPSA) is 62.6 Å². The third-order valence-corrected chi connectivity index (χ3v) is 5.60. The molecule has 0 fully saturated rings. The fourth-order valence-electron chi connectivity index (χ4n) is 4.05. The van der Waals surface area contributed by atoms with Gasteiger partial charge in [-0.15, -0.1) is 0 Å². The van der Waals surface area contributed by atoms with Gasteiger partial charge in [0.25, 0.3) is 5.91 Å². The van der Waals surface area contributed by atoms with Crippen LogP contribution in [0.1, 0.15) is 52.5 Å². The normalized spacial score (nSPS) is 15.2. The van der Waals surface area contributed by atoms with Crippen LogP contribution in [-0.4, -0.2) is 23.3 Å². The summed E-state index contributed by atoms with van der Waals surface area (Å²) in [5.74, 6) is -0.325. The molecule has 0 aliphatic heterocycles. The molecule has 0 radical (unpaired) electrons. The number of nitrogens with zero attached hydrogens (tertiary/aromatic N) is 1. The van der Waals surface area contributed by atoms with E-state index < -0.39 is 5.82 Å². The number of fused-ring (bicyclic) bond motifs is 1. The van der Waals surface area contributed by atoms with E-state index in [1.807, 2.05) is 12.1 Å². The molecule has 1 N–H and O–H groups in total. The van der Waals surface area contributed by atoms with Crippen LogP contribution in [0.4, 0.5) is 4.39 Å². The molecule has 1 heterocycles. The second-order valence-corrected chi connectivity index (χ2v) is 7.78. The van der Waals surface area contributed by atoms with Crippen LogP contribution in [0.2, 0.25) is 0 Å². The van der Waals surface area contributed by atoms with E-state index in [-0.39, 0.29) is 42.9 Å². The Hall–Kier alpha value is -3.41. The van der Waals surface area contributed by atoms with Gasteiger partial charge < -0.3 is 14.6 Å². The number of benzene rings is 2. The van der Waals surface area contributed by atoms with Crippen molar-refractivity contribution in [3.8, 4) is 0 Å². The maximum absolute atomic E-state index is 13.6. The molecule has 1 unspecified atom stereocenters. The van der Waals surface area contributed by atoms with Crippen molar-refractivity contribution in [2.45, 2.75) is 38.3 Å². The lowest BCUT2D eigenvalue weighted by Crippen LogP contribution is -2.36. The average Bonchev–Trinajstić information content (AvgIpc) is 3.29. The molecule has 1 atom stereocenters. The van der Waals surface area contributed by atoms with E-state index in [0.29, 0.717) is 5.76 Å². The van der Waals surface area contributed by atoms with Gasteiger partial charge in [-0.05, 0) is 60.7 Å². The Bertz CT molecular complexity index is 1050. The molecule has 2 amide bonds. The summed E-state index contributed by atoms with van der Waals surface area (Å²) in [6.07, 6.45) is 4.65. The number of furan rings is 1. The van der Waals surface area contributed by atoms with E-state index in [0.717, 1.165) is 19.3 Å². The zero-order valence-electron chi connectivity index (χ0n) is 17.2. The smallest absolute Gasteiger partial charge is 0.254 e. The summed E-state index contributed by atoms with van der Waals surface area (Å²) in [5, 5.41) is 3.12. The van der Waals surface area contributed by atoms with Crippen molar-refractivity contribution in [1.82, 2.24) is 10.2 Å². The molecule has 160 valence electrons. The Morgan fingerprint density at radius 3 is 2.77 bits per heavy atom. The number of aryl methyl sites for hydroxylation is 1. The van der Waals surface area contributed by atoms with Crippen LogP contribution in [-0.2, 0) is 17.8 Å². The third kappa shape index (κ3) is 5.20. The van der Waals surface area contributed by atoms with Crippen molar-refractivity contribution in [2.24, 2.45) is 0 Å². The highest BCUT2D eigenvalue weighted by Gasteiger charge is 2.23. The summed E-state index contributed by atoms with van der Waals surface area (Å²) >= 11 is 0. The third-order valence-electron chi connectivity index (χ3n) is 5.60. The first-order chi connectivity index (χ1) is 15.1. The second kappa shape index (κ2) is 9.60. The summed E-state index contributed by atoms with van der Waals surface area (Å²) in [5.41, 5.74) is 2.69. The van der Waals surface area contributed by atoms with Crippen LogP contribution in [0.15, 0.2) is 71.3 Å². The number of amides is 2. The summed E-state index contributed by atoms with van der Waals surface area (Å²) in [6.45, 7) is 0.415. The van der Waals surface area contributed by atoms with Crippen molar-refractivity contribution in [1.29, 1.82) is 0 Å². The van der Waals surface area contributed by atoms with Crippen LogP contribution < -0.4 is 5.32 Å². The van der Waals surface area contributed by atoms with Gasteiger partial charge in [-0.2, -0.15) is 0 Å². The summed E-state index contributed by atoms with van der Waals surface area (Å²) < 4.78 is 19.0. The zero-order valence-corrected chi connectivity index (χ0v) is 17.2. The average molecular weight is 420 g/mol. The van der Waals surface area contributed by atoms with E-state index in [4.69, 9.17) is 4.42 Å². The lowest BCUT2D eigenvalue weighted by molar-refractivity contribution is -0.122. The minimum Gasteiger partial charge on any atom is -0.467 e. The Balaban J connectivity index is 1.42. The standard InChI is InChI=1S/C25H25FN2O3/c26-20-9-3-8-19(16-20)25(30)28(17-21-10-5-15-31-21)14-13-24(29)27-23-12-4-7-18-6-1-2-11-22(18)23/h1-3,5-6,8-11,15-16,23H,4,7,12-14,17H2,(H,27,29). The minimum absolute atomic E-state index is 0.00473. The molecule has 5 nitrogen and oxygen atoms in total. The van der Waals surface area contributed by atoms with Gasteiger partial charge in [-0.1, -0.05) is 30.3 Å². The van der Waals surface area contributed by atoms with Gasteiger partial charge in [-0.25, -0.2) is 4.39 Å². The molecule has 1 aromatic heterocycles. The highest BCUT2D eigenvalue weighted by Crippen LogP contribution is 2.29. The Morgan fingerprint density at radius 2 is 1.97 bits per heavy atom. The maximum Gasteiger partial charge on any atom is 0.254 e. The lowest BCUT2D eigenvalue weighted by Gasteiger charge is -2.27. The molecular formula is C25H25FN2O3. The number of hydrogen-bond acceptors (Lipinski definition) is 3. The molecule has 6 heteroatoms. The van der Waals surface area contributed by atoms with Crippen LogP contribution in [0.5, 0.6) is 0 Å². The Labute approximate surface area is 180 Å². The van der Waals surface area contributed by atoms with Crippen molar-refractivity contribution < 1.29 is 18.4 Å². The van der Waals surface area contributed by atoms with E-state index in [9.17, 15) is 14.0 Å². The number of rotatable bonds is 7. The molecule has 1 aliphatic carbocycles. The predicted octanol–water partition coefficient (Wildman–Crippen LogP) is 4.65. The summed E-state index contributed by atoms with van der Waals surface area (Å²) in [7, 11) is 0. The molecule has 31 heavy (non-hydrogen) atoms. The molecule has 4 rings (SSSR count). The van der Waals surface area contributed by atoms with Gasteiger partial charge in [0.1, 0.15) is 11.6 Å². The van der Waals surface area contributed by atoms with Gasteiger partial charge in [0, 0.05) is 18.5 Å². The van der Waals surface area contributed by atoms with Crippen molar-refractivity contribution >= 4 is 11.8 Å². The molecule has 2 aromatic carbocycles. The summed E-state index contributed by atoms with van der Waals surface area (Å²) in [4.78, 5) is 27.2. The Morgan fingerprint density at radius 1 is 1.10 bits per heavy atom. The Kier molecular flexibility index (Phi) is 6.46. The first-order valence-electron chi connectivity index (χ1n) is 10.5. The van der Waals surface area contributed by atoms with Crippen molar-refractivity contribution in [2.75, 3.05) is 6.54 Å². The lowest BCUT2D eigenvalue weighted by atomic mass is 9.87. The highest BCUT2D eigenvalue weighted by atomic mass is 19.1. The quantitative estimate of drug-likeness (QED) is 0.605. The number of carbonyl (C=O) groups excluding carboxylic acids is 2. The minimum atomic E-state index is -0.475. The fraction of sp³-hybridized carbons (Fsp3) is 0.280. The first kappa shape index (κ1) is 20.8. The predicted molar refractivity (Wildman–Crippen MR) is 115 cm³/mol. The van der Waals surface area contributed by atoms with Crippen LogP contribution in [0, 0.1) is 5.82 Å². The van der Waals surface area contributed by atoms with Gasteiger partial charge in [-0.3, -0.25) is 9.59 Å². The monoisotopic (exact) mass is 420 g/mol. The summed E-state index contributed by atoms with van der Waals surface area (Å²) in [6, 6.07) is 17.3. The number of hydrogen-bond donors (Lipinski definition) is 1. The first-order valence-corrected chi connectivity index (χ1v) is 10.5.